The van der Waals surface area contributed by atoms with Crippen molar-refractivity contribution in [1.29, 1.82) is 0 Å². The summed E-state index contributed by atoms with van der Waals surface area (Å²) in [6.07, 6.45) is 3.87. The Morgan fingerprint density at radius 1 is 1.12 bits per heavy atom. The number of nitrogens with zero attached hydrogens (tertiary/aromatic N) is 5. The van der Waals surface area contributed by atoms with E-state index in [-0.39, 0.29) is 18.4 Å². The molecule has 0 unspecified atom stereocenters. The van der Waals surface area contributed by atoms with Gasteiger partial charge in [-0.15, -0.1) is 5.10 Å². The van der Waals surface area contributed by atoms with Crippen molar-refractivity contribution in [2.45, 2.75) is 13.2 Å². The molecule has 124 valence electrons. The number of benzene rings is 1. The van der Waals surface area contributed by atoms with E-state index in [0.717, 1.165) is 18.1 Å². The highest BCUT2D eigenvalue weighted by atomic mass is 35.5. The highest BCUT2D eigenvalue weighted by Gasteiger charge is 2.08. The molecule has 0 saturated carbocycles. The Morgan fingerprint density at radius 2 is 1.83 bits per heavy atom. The summed E-state index contributed by atoms with van der Waals surface area (Å²) in [7, 11) is 0. The highest BCUT2D eigenvalue weighted by Crippen LogP contribution is 2.15. The van der Waals surface area contributed by atoms with Gasteiger partial charge in [-0.25, -0.2) is 4.68 Å². The van der Waals surface area contributed by atoms with Crippen molar-refractivity contribution < 1.29 is 18.3 Å². The molecule has 24 heavy (non-hydrogen) atoms. The molecule has 0 amide bonds. The summed E-state index contributed by atoms with van der Waals surface area (Å²) < 4.78 is 35.1. The first-order chi connectivity index (χ1) is 11.6. The summed E-state index contributed by atoms with van der Waals surface area (Å²) in [5.41, 5.74) is 1.34. The van der Waals surface area contributed by atoms with Crippen molar-refractivity contribution in [2.75, 3.05) is 0 Å². The van der Waals surface area contributed by atoms with Crippen molar-refractivity contribution in [2.24, 2.45) is 0 Å². The van der Waals surface area contributed by atoms with Gasteiger partial charge in [0.25, 0.3) is 0 Å². The minimum Gasteiger partial charge on any atom is -0.457 e. The van der Waals surface area contributed by atoms with E-state index in [1.165, 1.54) is 0 Å². The van der Waals surface area contributed by atoms with Crippen molar-refractivity contribution >= 4 is 11.6 Å². The molecule has 3 aromatic rings. The van der Waals surface area contributed by atoms with Crippen LogP contribution < -0.4 is 9.47 Å². The third-order valence-corrected chi connectivity index (χ3v) is 3.06. The summed E-state index contributed by atoms with van der Waals surface area (Å²) in [6, 6.07) is 7.09. The molecule has 1 aromatic carbocycles. The number of hydrogen-bond acceptors (Lipinski definition) is 6. The first-order valence-electron chi connectivity index (χ1n) is 6.67. The van der Waals surface area contributed by atoms with Gasteiger partial charge < -0.3 is 9.47 Å². The minimum absolute atomic E-state index is 0.0117. The second-order valence-corrected chi connectivity index (χ2v) is 4.94. The normalized spacial score (nSPS) is 10.8. The van der Waals surface area contributed by atoms with Crippen LogP contribution in [0.4, 0.5) is 8.78 Å². The average Bonchev–Trinajstić information content (AvgIpc) is 3.03. The zero-order chi connectivity index (χ0) is 16.9. The van der Waals surface area contributed by atoms with Gasteiger partial charge in [0.15, 0.2) is 5.75 Å². The lowest BCUT2D eigenvalue weighted by atomic mass is 10.3. The van der Waals surface area contributed by atoms with Crippen LogP contribution in [0.15, 0.2) is 42.9 Å². The van der Waals surface area contributed by atoms with E-state index < -0.39 is 6.61 Å². The van der Waals surface area contributed by atoms with Gasteiger partial charge in [0.2, 0.25) is 0 Å². The topological polar surface area (TPSA) is 75.0 Å². The van der Waals surface area contributed by atoms with Crippen LogP contribution >= 0.6 is 11.6 Å². The van der Waals surface area contributed by atoms with E-state index in [9.17, 15) is 8.78 Å². The zero-order valence-corrected chi connectivity index (χ0v) is 12.8. The quantitative estimate of drug-likeness (QED) is 0.678. The molecule has 2 aromatic heterocycles. The molecule has 10 heteroatoms. The molecule has 7 nitrogen and oxygen atoms in total. The van der Waals surface area contributed by atoms with E-state index in [2.05, 4.69) is 25.0 Å². The van der Waals surface area contributed by atoms with Crippen LogP contribution in [0.5, 0.6) is 11.8 Å². The molecule has 3 rings (SSSR count). The van der Waals surface area contributed by atoms with Crippen molar-refractivity contribution in [3.05, 3.63) is 53.6 Å². The average molecular weight is 354 g/mol. The molecule has 0 saturated heterocycles. The maximum absolute atomic E-state index is 12.0. The van der Waals surface area contributed by atoms with Gasteiger partial charge in [-0.3, -0.25) is 0 Å². The van der Waals surface area contributed by atoms with Crippen LogP contribution in [0.3, 0.4) is 0 Å². The summed E-state index contributed by atoms with van der Waals surface area (Å²) >= 11 is 5.83. The molecule has 0 aliphatic heterocycles. The number of aromatic nitrogens is 5. The van der Waals surface area contributed by atoms with Gasteiger partial charge in [0.1, 0.15) is 12.3 Å². The molecule has 0 fully saturated rings. The van der Waals surface area contributed by atoms with Crippen LogP contribution in [-0.2, 0) is 6.61 Å². The third kappa shape index (κ3) is 4.13. The number of ether oxygens (including phenoxy) is 2. The lowest BCUT2D eigenvalue weighted by Crippen LogP contribution is -2.04. The Labute approximate surface area is 139 Å². The molecule has 0 spiro atoms. The lowest BCUT2D eigenvalue weighted by molar-refractivity contribution is -0.0504. The third-order valence-electron chi connectivity index (χ3n) is 2.81. The largest absolute Gasteiger partial charge is 0.457 e. The van der Waals surface area contributed by atoms with Gasteiger partial charge in [0.05, 0.1) is 24.3 Å². The standard InChI is InChI=1S/C14H10ClF2N5O2/c15-9-1-3-11(4-2-9)22-7-10(20-21-22)8-23-14-18-5-12(6-19-14)24-13(16)17/h1-7,13H,8H2. The molecule has 0 N–H and O–H groups in total. The molecule has 0 bridgehead atoms. The van der Waals surface area contributed by atoms with Crippen molar-refractivity contribution in [1.82, 2.24) is 25.0 Å². The predicted octanol–water partition coefficient (Wildman–Crippen LogP) is 2.89. The number of alkyl halides is 2. The molecular formula is C14H10ClF2N5O2. The van der Waals surface area contributed by atoms with E-state index >= 15 is 0 Å². The fraction of sp³-hybridized carbons (Fsp3) is 0.143. The van der Waals surface area contributed by atoms with E-state index in [1.54, 1.807) is 35.1 Å². The Kier molecular flexibility index (Phi) is 4.80. The van der Waals surface area contributed by atoms with Gasteiger partial charge in [0, 0.05) is 5.02 Å². The van der Waals surface area contributed by atoms with Gasteiger partial charge in [-0.05, 0) is 24.3 Å². The molecule has 0 atom stereocenters. The Balaban J connectivity index is 1.60. The number of rotatable bonds is 6. The zero-order valence-electron chi connectivity index (χ0n) is 12.0. The first kappa shape index (κ1) is 16.1. The molecule has 2 heterocycles. The smallest absolute Gasteiger partial charge is 0.387 e. The van der Waals surface area contributed by atoms with E-state index in [1.807, 2.05) is 0 Å². The van der Waals surface area contributed by atoms with Crippen LogP contribution in [0.1, 0.15) is 5.69 Å². The van der Waals surface area contributed by atoms with Gasteiger partial charge in [-0.2, -0.15) is 18.7 Å². The highest BCUT2D eigenvalue weighted by molar-refractivity contribution is 6.30. The number of hydrogen-bond donors (Lipinski definition) is 0. The lowest BCUT2D eigenvalue weighted by Gasteiger charge is -2.04. The summed E-state index contributed by atoms with van der Waals surface area (Å²) in [4.78, 5) is 7.52. The van der Waals surface area contributed by atoms with Crippen LogP contribution in [0, 0.1) is 0 Å². The summed E-state index contributed by atoms with van der Waals surface area (Å²) in [5, 5.41) is 8.56. The SMILES string of the molecule is FC(F)Oc1cnc(OCc2cn(-c3ccc(Cl)cc3)nn2)nc1. The van der Waals surface area contributed by atoms with Crippen molar-refractivity contribution in [3.8, 4) is 17.4 Å². The second kappa shape index (κ2) is 7.18. The summed E-state index contributed by atoms with van der Waals surface area (Å²) in [6.45, 7) is -2.86. The molecule has 0 radical (unpaired) electrons. The van der Waals surface area contributed by atoms with Crippen LogP contribution in [0.2, 0.25) is 5.02 Å². The van der Waals surface area contributed by atoms with E-state index in [4.69, 9.17) is 16.3 Å². The Morgan fingerprint density at radius 3 is 2.50 bits per heavy atom. The maximum Gasteiger partial charge on any atom is 0.387 e. The van der Waals surface area contributed by atoms with Crippen molar-refractivity contribution in [3.63, 3.8) is 0 Å². The van der Waals surface area contributed by atoms with Crippen LogP contribution in [-0.4, -0.2) is 31.6 Å². The molecule has 0 aliphatic carbocycles. The van der Waals surface area contributed by atoms with E-state index in [0.29, 0.717) is 10.7 Å². The fourth-order valence-electron chi connectivity index (χ4n) is 1.77. The van der Waals surface area contributed by atoms with Crippen LogP contribution in [0.25, 0.3) is 5.69 Å². The Bertz CT molecular complexity index is 796. The summed E-state index contributed by atoms with van der Waals surface area (Å²) in [5.74, 6) is -0.147. The molecular weight excluding hydrogens is 344 g/mol. The van der Waals surface area contributed by atoms with Gasteiger partial charge in [-0.1, -0.05) is 16.8 Å². The maximum atomic E-state index is 12.0. The molecule has 0 aliphatic rings. The Hall–Kier alpha value is -2.81. The fourth-order valence-corrected chi connectivity index (χ4v) is 1.89. The first-order valence-corrected chi connectivity index (χ1v) is 7.05. The monoisotopic (exact) mass is 353 g/mol. The number of halogens is 3. The predicted molar refractivity (Wildman–Crippen MR) is 79.4 cm³/mol. The second-order valence-electron chi connectivity index (χ2n) is 4.50. The van der Waals surface area contributed by atoms with Gasteiger partial charge >= 0.3 is 12.6 Å². The minimum atomic E-state index is -2.93.